The molecule has 0 bridgehead atoms. The van der Waals surface area contributed by atoms with Crippen molar-refractivity contribution in [2.24, 2.45) is 5.92 Å². The van der Waals surface area contributed by atoms with E-state index in [0.29, 0.717) is 37.2 Å². The standard InChI is InChI=1S/C19H18F3N3O2/c20-14-9-16(22)17(10-15(14)21)24-18(26)12-5-4-8-25(11-12)19(27)23-13-6-2-1-3-7-13/h1-3,6-7,9-10,12H,4-5,8,11H2,(H,23,27)(H,24,26). The first kappa shape index (κ1) is 18.8. The highest BCUT2D eigenvalue weighted by Crippen LogP contribution is 2.22. The molecule has 2 N–H and O–H groups in total. The van der Waals surface area contributed by atoms with Crippen molar-refractivity contribution in [3.05, 3.63) is 59.9 Å². The van der Waals surface area contributed by atoms with Crippen molar-refractivity contribution in [1.29, 1.82) is 0 Å². The van der Waals surface area contributed by atoms with Crippen LogP contribution in [0.1, 0.15) is 12.8 Å². The monoisotopic (exact) mass is 377 g/mol. The lowest BCUT2D eigenvalue weighted by Crippen LogP contribution is -2.45. The summed E-state index contributed by atoms with van der Waals surface area (Å²) in [6.45, 7) is 0.637. The summed E-state index contributed by atoms with van der Waals surface area (Å²) in [5.74, 6) is -4.76. The molecule has 1 fully saturated rings. The lowest BCUT2D eigenvalue weighted by molar-refractivity contribution is -0.121. The van der Waals surface area contributed by atoms with Gasteiger partial charge in [0.1, 0.15) is 5.82 Å². The van der Waals surface area contributed by atoms with Crippen LogP contribution in [0.5, 0.6) is 0 Å². The molecule has 5 nitrogen and oxygen atoms in total. The Labute approximate surface area is 154 Å². The second-order valence-electron chi connectivity index (χ2n) is 6.32. The number of nitrogens with one attached hydrogen (secondary N) is 2. The van der Waals surface area contributed by atoms with E-state index in [0.717, 1.165) is 0 Å². The second-order valence-corrected chi connectivity index (χ2v) is 6.32. The summed E-state index contributed by atoms with van der Waals surface area (Å²) in [6.07, 6.45) is 1.10. The average Bonchev–Trinajstić information content (AvgIpc) is 2.67. The van der Waals surface area contributed by atoms with Gasteiger partial charge in [0.25, 0.3) is 0 Å². The lowest BCUT2D eigenvalue weighted by Gasteiger charge is -2.32. The van der Waals surface area contributed by atoms with E-state index in [1.807, 2.05) is 6.07 Å². The Morgan fingerprint density at radius 3 is 2.41 bits per heavy atom. The van der Waals surface area contributed by atoms with Crippen LogP contribution in [0.2, 0.25) is 0 Å². The minimum Gasteiger partial charge on any atom is -0.324 e. The molecule has 0 aromatic heterocycles. The average molecular weight is 377 g/mol. The van der Waals surface area contributed by atoms with Gasteiger partial charge < -0.3 is 15.5 Å². The first-order chi connectivity index (χ1) is 12.9. The molecule has 142 valence electrons. The Morgan fingerprint density at radius 2 is 1.67 bits per heavy atom. The zero-order chi connectivity index (χ0) is 19.4. The molecule has 0 radical (unpaired) electrons. The van der Waals surface area contributed by atoms with Gasteiger partial charge in [-0.15, -0.1) is 0 Å². The molecule has 2 aromatic carbocycles. The zero-order valence-corrected chi connectivity index (χ0v) is 14.3. The number of hydrogen-bond donors (Lipinski definition) is 2. The Hall–Kier alpha value is -3.03. The fraction of sp³-hybridized carbons (Fsp3) is 0.263. The van der Waals surface area contributed by atoms with E-state index in [2.05, 4.69) is 10.6 Å². The van der Waals surface area contributed by atoms with E-state index in [1.54, 1.807) is 24.3 Å². The minimum absolute atomic E-state index is 0.149. The third kappa shape index (κ3) is 4.58. The summed E-state index contributed by atoms with van der Waals surface area (Å²) in [4.78, 5) is 26.3. The van der Waals surface area contributed by atoms with Crippen LogP contribution in [-0.4, -0.2) is 29.9 Å². The highest BCUT2D eigenvalue weighted by Gasteiger charge is 2.29. The van der Waals surface area contributed by atoms with Crippen molar-refractivity contribution in [2.45, 2.75) is 12.8 Å². The molecular weight excluding hydrogens is 359 g/mol. The number of urea groups is 1. The number of hydrogen-bond acceptors (Lipinski definition) is 2. The fourth-order valence-electron chi connectivity index (χ4n) is 2.95. The maximum atomic E-state index is 13.7. The van der Waals surface area contributed by atoms with Crippen LogP contribution in [0.3, 0.4) is 0 Å². The molecular formula is C19H18F3N3O2. The van der Waals surface area contributed by atoms with Crippen LogP contribution >= 0.6 is 0 Å². The molecule has 3 amide bonds. The van der Waals surface area contributed by atoms with Crippen LogP contribution in [0.15, 0.2) is 42.5 Å². The van der Waals surface area contributed by atoms with Crippen LogP contribution in [-0.2, 0) is 4.79 Å². The first-order valence-electron chi connectivity index (χ1n) is 8.50. The van der Waals surface area contributed by atoms with E-state index in [-0.39, 0.29) is 12.6 Å². The molecule has 1 aliphatic heterocycles. The van der Waals surface area contributed by atoms with Crippen LogP contribution < -0.4 is 10.6 Å². The van der Waals surface area contributed by atoms with Gasteiger partial charge in [-0.3, -0.25) is 4.79 Å². The van der Waals surface area contributed by atoms with Crippen molar-refractivity contribution < 1.29 is 22.8 Å². The van der Waals surface area contributed by atoms with Crippen molar-refractivity contribution in [3.63, 3.8) is 0 Å². The number of carbonyl (C=O) groups excluding carboxylic acids is 2. The SMILES string of the molecule is O=C(Nc1cc(F)c(F)cc1F)C1CCCN(C(=O)Nc2ccccc2)C1. The number of para-hydroxylation sites is 1. The van der Waals surface area contributed by atoms with E-state index < -0.39 is 35.0 Å². The number of likely N-dealkylation sites (tertiary alicyclic amines) is 1. The summed E-state index contributed by atoms with van der Waals surface area (Å²) < 4.78 is 40.0. The quantitative estimate of drug-likeness (QED) is 0.795. The summed E-state index contributed by atoms with van der Waals surface area (Å²) in [7, 11) is 0. The highest BCUT2D eigenvalue weighted by atomic mass is 19.2. The van der Waals surface area contributed by atoms with Crippen molar-refractivity contribution >= 4 is 23.3 Å². The zero-order valence-electron chi connectivity index (χ0n) is 14.3. The number of halogens is 3. The number of benzene rings is 2. The van der Waals surface area contributed by atoms with Gasteiger partial charge in [0.15, 0.2) is 11.6 Å². The number of rotatable bonds is 3. The molecule has 0 saturated carbocycles. The van der Waals surface area contributed by atoms with Gasteiger partial charge in [-0.2, -0.15) is 0 Å². The van der Waals surface area contributed by atoms with Crippen LogP contribution in [0, 0.1) is 23.4 Å². The molecule has 0 aliphatic carbocycles. The third-order valence-electron chi connectivity index (χ3n) is 4.37. The number of anilines is 2. The Kier molecular flexibility index (Phi) is 5.63. The third-order valence-corrected chi connectivity index (χ3v) is 4.37. The number of nitrogens with zero attached hydrogens (tertiary/aromatic N) is 1. The van der Waals surface area contributed by atoms with Gasteiger partial charge in [-0.25, -0.2) is 18.0 Å². The molecule has 1 saturated heterocycles. The van der Waals surface area contributed by atoms with Crippen LogP contribution in [0.4, 0.5) is 29.3 Å². The molecule has 1 atom stereocenters. The van der Waals surface area contributed by atoms with Crippen molar-refractivity contribution in [2.75, 3.05) is 23.7 Å². The minimum atomic E-state index is -1.33. The van der Waals surface area contributed by atoms with Gasteiger partial charge in [0.05, 0.1) is 11.6 Å². The highest BCUT2D eigenvalue weighted by molar-refractivity contribution is 5.94. The predicted octanol–water partition coefficient (Wildman–Crippen LogP) is 3.99. The molecule has 2 aromatic rings. The maximum Gasteiger partial charge on any atom is 0.321 e. The molecule has 3 rings (SSSR count). The summed E-state index contributed by atoms with van der Waals surface area (Å²) in [5, 5.41) is 5.03. The topological polar surface area (TPSA) is 61.4 Å². The number of amides is 3. The second kappa shape index (κ2) is 8.11. The van der Waals surface area contributed by atoms with E-state index >= 15 is 0 Å². The Morgan fingerprint density at radius 1 is 0.963 bits per heavy atom. The lowest BCUT2D eigenvalue weighted by atomic mass is 9.97. The first-order valence-corrected chi connectivity index (χ1v) is 8.50. The largest absolute Gasteiger partial charge is 0.324 e. The molecule has 27 heavy (non-hydrogen) atoms. The Balaban J connectivity index is 1.62. The smallest absolute Gasteiger partial charge is 0.321 e. The fourth-order valence-corrected chi connectivity index (χ4v) is 2.95. The normalized spacial score (nSPS) is 16.7. The van der Waals surface area contributed by atoms with Crippen molar-refractivity contribution in [1.82, 2.24) is 4.90 Å². The molecule has 1 aliphatic rings. The van der Waals surface area contributed by atoms with E-state index in [1.165, 1.54) is 4.90 Å². The van der Waals surface area contributed by atoms with Gasteiger partial charge in [0, 0.05) is 30.9 Å². The Bertz CT molecular complexity index is 846. The number of piperidine rings is 1. The summed E-state index contributed by atoms with van der Waals surface area (Å²) >= 11 is 0. The molecule has 1 unspecified atom stereocenters. The predicted molar refractivity (Wildman–Crippen MR) is 94.7 cm³/mol. The summed E-state index contributed by atoms with van der Waals surface area (Å²) in [6, 6.07) is 9.55. The molecule has 1 heterocycles. The maximum absolute atomic E-state index is 13.7. The van der Waals surface area contributed by atoms with Gasteiger partial charge in [0.2, 0.25) is 5.91 Å². The number of carbonyl (C=O) groups is 2. The van der Waals surface area contributed by atoms with Gasteiger partial charge in [-0.1, -0.05) is 18.2 Å². The van der Waals surface area contributed by atoms with Gasteiger partial charge in [-0.05, 0) is 25.0 Å². The van der Waals surface area contributed by atoms with E-state index in [4.69, 9.17) is 0 Å². The summed E-state index contributed by atoms with van der Waals surface area (Å²) in [5.41, 5.74) is 0.211. The van der Waals surface area contributed by atoms with E-state index in [9.17, 15) is 22.8 Å². The van der Waals surface area contributed by atoms with Gasteiger partial charge >= 0.3 is 6.03 Å². The molecule has 8 heteroatoms. The molecule has 0 spiro atoms. The van der Waals surface area contributed by atoms with Crippen molar-refractivity contribution in [3.8, 4) is 0 Å². The van der Waals surface area contributed by atoms with Crippen LogP contribution in [0.25, 0.3) is 0 Å².